The van der Waals surface area contributed by atoms with Gasteiger partial charge in [-0.1, -0.05) is 17.3 Å². The third-order valence-corrected chi connectivity index (χ3v) is 5.81. The van der Waals surface area contributed by atoms with Crippen molar-refractivity contribution in [3.8, 4) is 5.75 Å². The Morgan fingerprint density at radius 3 is 2.64 bits per heavy atom. The van der Waals surface area contributed by atoms with Gasteiger partial charge in [0.05, 0.1) is 7.11 Å². The molecule has 2 aliphatic rings. The Bertz CT molecular complexity index is 703. The van der Waals surface area contributed by atoms with E-state index in [0.29, 0.717) is 6.04 Å². The zero-order valence-electron chi connectivity index (χ0n) is 15.3. The molecule has 4 nitrogen and oxygen atoms in total. The smallest absolute Gasteiger partial charge is 0.140 e. The number of fused-ring (bicyclic) bond motifs is 1. The molecular formula is C21H28N2O2. The minimum absolute atomic E-state index is 0.582. The molecule has 0 amide bonds. The highest BCUT2D eigenvalue weighted by Gasteiger charge is 2.33. The van der Waals surface area contributed by atoms with Crippen LogP contribution >= 0.6 is 0 Å². The molecule has 0 spiro atoms. The van der Waals surface area contributed by atoms with E-state index >= 15 is 0 Å². The van der Waals surface area contributed by atoms with Crippen LogP contribution in [0.1, 0.15) is 55.2 Å². The second-order valence-corrected chi connectivity index (χ2v) is 7.57. The van der Waals surface area contributed by atoms with Crippen LogP contribution in [0.5, 0.6) is 5.75 Å². The Balaban J connectivity index is 1.52. The van der Waals surface area contributed by atoms with E-state index in [0.717, 1.165) is 49.1 Å². The zero-order chi connectivity index (χ0) is 17.2. The average molecular weight is 340 g/mol. The van der Waals surface area contributed by atoms with Crippen LogP contribution in [0.25, 0.3) is 0 Å². The highest BCUT2D eigenvalue weighted by atomic mass is 16.5. The van der Waals surface area contributed by atoms with Crippen molar-refractivity contribution in [2.75, 3.05) is 7.11 Å². The fourth-order valence-corrected chi connectivity index (χ4v) is 3.95. The molecule has 2 aromatic rings. The molecule has 1 atom stereocenters. The Hall–Kier alpha value is -1.81. The number of aryl methyl sites for hydroxylation is 1. The van der Waals surface area contributed by atoms with Crippen molar-refractivity contribution >= 4 is 0 Å². The van der Waals surface area contributed by atoms with Gasteiger partial charge in [-0.05, 0) is 62.6 Å². The average Bonchev–Trinajstić information content (AvgIpc) is 3.43. The maximum atomic E-state index is 5.63. The normalized spacial score (nSPS) is 18.2. The van der Waals surface area contributed by atoms with Crippen molar-refractivity contribution in [3.63, 3.8) is 0 Å². The van der Waals surface area contributed by atoms with Gasteiger partial charge >= 0.3 is 0 Å². The summed E-state index contributed by atoms with van der Waals surface area (Å²) in [6, 6.07) is 9.02. The summed E-state index contributed by atoms with van der Waals surface area (Å²) >= 11 is 0. The molecule has 1 unspecified atom stereocenters. The van der Waals surface area contributed by atoms with Crippen molar-refractivity contribution < 1.29 is 9.26 Å². The largest absolute Gasteiger partial charge is 0.497 e. The van der Waals surface area contributed by atoms with Gasteiger partial charge in [0.2, 0.25) is 0 Å². The van der Waals surface area contributed by atoms with Crippen molar-refractivity contribution in [1.29, 1.82) is 0 Å². The second-order valence-electron chi connectivity index (χ2n) is 7.57. The first-order valence-electron chi connectivity index (χ1n) is 9.58. The van der Waals surface area contributed by atoms with Gasteiger partial charge in [0, 0.05) is 31.1 Å². The third-order valence-electron chi connectivity index (χ3n) is 5.81. The number of methoxy groups -OCH3 is 1. The summed E-state index contributed by atoms with van der Waals surface area (Å²) in [5.74, 6) is 2.88. The molecule has 2 aliphatic carbocycles. The Morgan fingerprint density at radius 2 is 1.92 bits per heavy atom. The first-order chi connectivity index (χ1) is 12.2. The molecule has 0 bridgehead atoms. The molecule has 0 aliphatic heterocycles. The molecule has 1 aromatic carbocycles. The summed E-state index contributed by atoms with van der Waals surface area (Å²) in [4.78, 5) is 2.58. The molecule has 0 N–H and O–H groups in total. The zero-order valence-corrected chi connectivity index (χ0v) is 15.3. The Kier molecular flexibility index (Phi) is 4.80. The number of aromatic nitrogens is 1. The molecule has 1 heterocycles. The van der Waals surface area contributed by atoms with E-state index in [-0.39, 0.29) is 0 Å². The topological polar surface area (TPSA) is 38.5 Å². The number of hydrogen-bond donors (Lipinski definition) is 0. The first-order valence-corrected chi connectivity index (χ1v) is 9.58. The van der Waals surface area contributed by atoms with Gasteiger partial charge in [-0.25, -0.2) is 0 Å². The van der Waals surface area contributed by atoms with Crippen LogP contribution in [0.3, 0.4) is 0 Å². The van der Waals surface area contributed by atoms with Crippen LogP contribution in [-0.4, -0.2) is 23.2 Å². The summed E-state index contributed by atoms with van der Waals surface area (Å²) in [6.45, 7) is 4.21. The molecule has 4 heteroatoms. The molecular weight excluding hydrogens is 312 g/mol. The summed E-state index contributed by atoms with van der Waals surface area (Å²) < 4.78 is 10.9. The molecule has 4 rings (SSSR count). The highest BCUT2D eigenvalue weighted by molar-refractivity contribution is 5.28. The highest BCUT2D eigenvalue weighted by Crippen LogP contribution is 2.37. The van der Waals surface area contributed by atoms with Crippen LogP contribution in [0.15, 0.2) is 28.8 Å². The van der Waals surface area contributed by atoms with Crippen molar-refractivity contribution in [3.05, 3.63) is 46.8 Å². The number of hydrogen-bond acceptors (Lipinski definition) is 4. The lowest BCUT2D eigenvalue weighted by molar-refractivity contribution is 0.167. The minimum atomic E-state index is 0.582. The second kappa shape index (κ2) is 7.20. The number of nitrogens with zero attached hydrogens (tertiary/aromatic N) is 2. The van der Waals surface area contributed by atoms with Gasteiger partial charge in [0.15, 0.2) is 0 Å². The van der Waals surface area contributed by atoms with Crippen LogP contribution in [0, 0.1) is 5.92 Å². The summed E-state index contributed by atoms with van der Waals surface area (Å²) in [5, 5.41) is 4.43. The third kappa shape index (κ3) is 3.74. The van der Waals surface area contributed by atoms with E-state index in [4.69, 9.17) is 9.26 Å². The van der Waals surface area contributed by atoms with E-state index < -0.39 is 0 Å². The van der Waals surface area contributed by atoms with E-state index in [9.17, 15) is 0 Å². The number of benzene rings is 1. The lowest BCUT2D eigenvalue weighted by Crippen LogP contribution is -2.34. The summed E-state index contributed by atoms with van der Waals surface area (Å²) in [5.41, 5.74) is 3.87. The first kappa shape index (κ1) is 16.6. The van der Waals surface area contributed by atoms with Crippen LogP contribution < -0.4 is 4.74 Å². The number of rotatable bonds is 7. The van der Waals surface area contributed by atoms with E-state index in [1.54, 1.807) is 7.11 Å². The van der Waals surface area contributed by atoms with Crippen molar-refractivity contribution in [2.45, 2.75) is 64.6 Å². The van der Waals surface area contributed by atoms with Gasteiger partial charge in [0.25, 0.3) is 0 Å². The summed E-state index contributed by atoms with van der Waals surface area (Å²) in [7, 11) is 1.71. The van der Waals surface area contributed by atoms with E-state index in [2.05, 4.69) is 29.1 Å². The molecule has 0 radical (unpaired) electrons. The van der Waals surface area contributed by atoms with Gasteiger partial charge in [0.1, 0.15) is 17.2 Å². The van der Waals surface area contributed by atoms with Crippen LogP contribution in [0.4, 0.5) is 0 Å². The van der Waals surface area contributed by atoms with Crippen LogP contribution in [-0.2, 0) is 25.9 Å². The standard InChI is InChI=1S/C21H28N2O2/c1-15(17-9-10-17)23(13-16-7-11-18(24-2)12-8-16)14-20-19-5-3-4-6-21(19)25-22-20/h7-8,11-12,15,17H,3-6,9-10,13-14H2,1-2H3. The van der Waals surface area contributed by atoms with Gasteiger partial charge in [-0.3, -0.25) is 4.90 Å². The molecule has 134 valence electrons. The maximum absolute atomic E-state index is 5.63. The maximum Gasteiger partial charge on any atom is 0.140 e. The molecule has 1 fully saturated rings. The molecule has 0 saturated heterocycles. The molecule has 25 heavy (non-hydrogen) atoms. The predicted molar refractivity (Wildman–Crippen MR) is 97.6 cm³/mol. The van der Waals surface area contributed by atoms with E-state index in [1.165, 1.54) is 36.8 Å². The lowest BCUT2D eigenvalue weighted by Gasteiger charge is -2.29. The molecule has 1 aromatic heterocycles. The molecule has 1 saturated carbocycles. The van der Waals surface area contributed by atoms with Crippen LogP contribution in [0.2, 0.25) is 0 Å². The number of ether oxygens (including phenoxy) is 1. The Morgan fingerprint density at radius 1 is 1.16 bits per heavy atom. The van der Waals surface area contributed by atoms with Crippen molar-refractivity contribution in [1.82, 2.24) is 10.1 Å². The van der Waals surface area contributed by atoms with Gasteiger partial charge < -0.3 is 9.26 Å². The Labute approximate surface area is 150 Å². The quantitative estimate of drug-likeness (QED) is 0.750. The van der Waals surface area contributed by atoms with Gasteiger partial charge in [-0.2, -0.15) is 0 Å². The monoisotopic (exact) mass is 340 g/mol. The van der Waals surface area contributed by atoms with E-state index in [1.807, 2.05) is 12.1 Å². The fourth-order valence-electron chi connectivity index (χ4n) is 3.95. The summed E-state index contributed by atoms with van der Waals surface area (Å²) in [6.07, 6.45) is 7.39. The van der Waals surface area contributed by atoms with Gasteiger partial charge in [-0.15, -0.1) is 0 Å². The fraction of sp³-hybridized carbons (Fsp3) is 0.571. The minimum Gasteiger partial charge on any atom is -0.497 e. The lowest BCUT2D eigenvalue weighted by atomic mass is 9.96. The van der Waals surface area contributed by atoms with Crippen molar-refractivity contribution in [2.24, 2.45) is 5.92 Å². The predicted octanol–water partition coefficient (Wildman–Crippen LogP) is 4.36. The SMILES string of the molecule is COc1ccc(CN(Cc2noc3c2CCCC3)C(C)C2CC2)cc1.